The van der Waals surface area contributed by atoms with Gasteiger partial charge in [-0.1, -0.05) is 170 Å². The van der Waals surface area contributed by atoms with Gasteiger partial charge in [0.25, 0.3) is 0 Å². The molecule has 0 fully saturated rings. The Kier molecular flexibility index (Phi) is 5.34. The average Bonchev–Trinajstić information content (AvgIpc) is 3.82. The van der Waals surface area contributed by atoms with Gasteiger partial charge in [0.15, 0.2) is 0 Å². The van der Waals surface area contributed by atoms with Crippen molar-refractivity contribution in [2.75, 3.05) is 0 Å². The fraction of sp³-hybridized carbons (Fsp3) is 0.0400. The standard InChI is InChI=1S/C50H30S/c1-6-20-39-33(14-1)34-15-2-7-21-40(34)49(39)43-24-10-11-25-44(43)50(41-22-8-3-16-35(41)36-17-4-9-23-42(36)50)48-32(19-13-26-45(48)49)31-28-29-38-37-18-5-12-27-46(37)51-47(38)30-31/h1-30H. The highest BCUT2D eigenvalue weighted by atomic mass is 32.1. The molecule has 0 atom stereocenters. The predicted octanol–water partition coefficient (Wildman–Crippen LogP) is 12.8. The van der Waals surface area contributed by atoms with Crippen LogP contribution in [0.2, 0.25) is 0 Å². The molecule has 8 aromatic carbocycles. The van der Waals surface area contributed by atoms with Crippen molar-refractivity contribution in [3.05, 3.63) is 226 Å². The Hall–Kier alpha value is -6.02. The second-order valence-electron chi connectivity index (χ2n) is 14.3. The summed E-state index contributed by atoms with van der Waals surface area (Å²) in [7, 11) is 0. The molecule has 0 bridgehead atoms. The molecule has 0 N–H and O–H groups in total. The van der Waals surface area contributed by atoms with Crippen molar-refractivity contribution in [2.24, 2.45) is 0 Å². The van der Waals surface area contributed by atoms with E-state index >= 15 is 0 Å². The van der Waals surface area contributed by atoms with Crippen LogP contribution in [0.15, 0.2) is 182 Å². The van der Waals surface area contributed by atoms with Gasteiger partial charge in [0.2, 0.25) is 0 Å². The first kappa shape index (κ1) is 27.8. The van der Waals surface area contributed by atoms with Crippen LogP contribution in [0, 0.1) is 0 Å². The van der Waals surface area contributed by atoms with Crippen molar-refractivity contribution >= 4 is 31.5 Å². The number of hydrogen-bond donors (Lipinski definition) is 0. The fourth-order valence-electron chi connectivity index (χ4n) is 10.4. The molecule has 1 heteroatoms. The molecule has 0 radical (unpaired) electrons. The van der Waals surface area contributed by atoms with Gasteiger partial charge in [-0.2, -0.15) is 0 Å². The van der Waals surface area contributed by atoms with E-state index < -0.39 is 10.8 Å². The van der Waals surface area contributed by atoms with Crippen LogP contribution < -0.4 is 0 Å². The molecule has 3 aliphatic rings. The van der Waals surface area contributed by atoms with E-state index in [-0.39, 0.29) is 0 Å². The van der Waals surface area contributed by atoms with Gasteiger partial charge in [0, 0.05) is 20.2 Å². The lowest BCUT2D eigenvalue weighted by Crippen LogP contribution is -2.44. The average molecular weight is 663 g/mol. The summed E-state index contributed by atoms with van der Waals surface area (Å²) in [6, 6.07) is 69.2. The number of benzene rings is 8. The fourth-order valence-corrected chi connectivity index (χ4v) is 11.6. The van der Waals surface area contributed by atoms with E-state index in [9.17, 15) is 0 Å². The molecule has 1 aromatic heterocycles. The summed E-state index contributed by atoms with van der Waals surface area (Å²) in [5.41, 5.74) is 17.9. The third-order valence-corrected chi connectivity index (χ3v) is 13.3. The Morgan fingerprint density at radius 3 is 1.33 bits per heavy atom. The van der Waals surface area contributed by atoms with E-state index in [1.165, 1.54) is 98.1 Å². The number of rotatable bonds is 1. The summed E-state index contributed by atoms with van der Waals surface area (Å²) < 4.78 is 2.66. The molecule has 9 aromatic rings. The molecule has 0 saturated carbocycles. The van der Waals surface area contributed by atoms with Crippen molar-refractivity contribution in [1.82, 2.24) is 0 Å². The third-order valence-electron chi connectivity index (χ3n) is 12.2. The van der Waals surface area contributed by atoms with Crippen molar-refractivity contribution in [1.29, 1.82) is 0 Å². The minimum absolute atomic E-state index is 0.478. The molecule has 236 valence electrons. The van der Waals surface area contributed by atoms with Crippen LogP contribution in [-0.2, 0) is 10.8 Å². The molecular formula is C50H30S. The number of hydrogen-bond acceptors (Lipinski definition) is 1. The zero-order valence-corrected chi connectivity index (χ0v) is 28.5. The van der Waals surface area contributed by atoms with E-state index in [1.54, 1.807) is 0 Å². The van der Waals surface area contributed by atoms with Gasteiger partial charge >= 0.3 is 0 Å². The highest BCUT2D eigenvalue weighted by Crippen LogP contribution is 2.68. The quantitative estimate of drug-likeness (QED) is 0.164. The molecular weight excluding hydrogens is 633 g/mol. The van der Waals surface area contributed by atoms with Crippen LogP contribution in [0.4, 0.5) is 0 Å². The summed E-state index contributed by atoms with van der Waals surface area (Å²) in [6.45, 7) is 0. The van der Waals surface area contributed by atoms with Crippen LogP contribution in [0.3, 0.4) is 0 Å². The minimum atomic E-state index is -0.511. The molecule has 2 spiro atoms. The van der Waals surface area contributed by atoms with Gasteiger partial charge in [-0.25, -0.2) is 0 Å². The van der Waals surface area contributed by atoms with E-state index in [2.05, 4.69) is 182 Å². The van der Waals surface area contributed by atoms with Gasteiger partial charge in [0.05, 0.1) is 10.8 Å². The Morgan fingerprint density at radius 2 is 0.725 bits per heavy atom. The topological polar surface area (TPSA) is 0 Å². The SMILES string of the molecule is c1ccc2c(c1)-c1ccccc1C21c2ccccc2C2(c3ccccc3-c3ccccc32)c2c(-c3ccc4c(c3)sc3ccccc34)cccc21. The minimum Gasteiger partial charge on any atom is -0.135 e. The highest BCUT2D eigenvalue weighted by molar-refractivity contribution is 7.25. The summed E-state index contributed by atoms with van der Waals surface area (Å²) in [6.07, 6.45) is 0. The third kappa shape index (κ3) is 3.23. The van der Waals surface area contributed by atoms with Crippen molar-refractivity contribution in [3.8, 4) is 33.4 Å². The van der Waals surface area contributed by atoms with E-state index in [4.69, 9.17) is 0 Å². The first-order chi connectivity index (χ1) is 25.3. The summed E-state index contributed by atoms with van der Waals surface area (Å²) in [5, 5.41) is 2.66. The van der Waals surface area contributed by atoms with Gasteiger partial charge in [-0.15, -0.1) is 11.3 Å². The maximum Gasteiger partial charge on any atom is 0.0725 e. The Labute approximate surface area is 300 Å². The molecule has 0 amide bonds. The van der Waals surface area contributed by atoms with Crippen LogP contribution in [0.25, 0.3) is 53.6 Å². The lowest BCUT2D eigenvalue weighted by Gasteiger charge is -2.49. The summed E-state index contributed by atoms with van der Waals surface area (Å²) >= 11 is 1.90. The lowest BCUT2D eigenvalue weighted by atomic mass is 9.51. The zero-order valence-electron chi connectivity index (χ0n) is 27.7. The molecule has 0 nitrogen and oxygen atoms in total. The lowest BCUT2D eigenvalue weighted by molar-refractivity contribution is 0.634. The van der Waals surface area contributed by atoms with Gasteiger partial charge in [-0.05, 0) is 90.0 Å². The number of fused-ring (bicyclic) bond motifs is 19. The van der Waals surface area contributed by atoms with Gasteiger partial charge in [-0.3, -0.25) is 0 Å². The van der Waals surface area contributed by atoms with Crippen molar-refractivity contribution in [3.63, 3.8) is 0 Å². The van der Waals surface area contributed by atoms with Crippen LogP contribution in [0.5, 0.6) is 0 Å². The Bertz CT molecular complexity index is 2850. The zero-order chi connectivity index (χ0) is 33.3. The molecule has 0 unspecified atom stereocenters. The number of thiophene rings is 1. The Balaban J connectivity index is 1.30. The monoisotopic (exact) mass is 662 g/mol. The largest absolute Gasteiger partial charge is 0.135 e. The van der Waals surface area contributed by atoms with Crippen LogP contribution in [-0.4, -0.2) is 0 Å². The van der Waals surface area contributed by atoms with E-state index in [0.717, 1.165) is 0 Å². The molecule has 0 aliphatic heterocycles. The van der Waals surface area contributed by atoms with Crippen molar-refractivity contribution < 1.29 is 0 Å². The first-order valence-corrected chi connectivity index (χ1v) is 18.7. The second kappa shape index (κ2) is 9.82. The summed E-state index contributed by atoms with van der Waals surface area (Å²) in [5.74, 6) is 0. The molecule has 51 heavy (non-hydrogen) atoms. The maximum atomic E-state index is 2.46. The Morgan fingerprint density at radius 1 is 0.294 bits per heavy atom. The summed E-state index contributed by atoms with van der Waals surface area (Å²) in [4.78, 5) is 0. The molecule has 1 heterocycles. The van der Waals surface area contributed by atoms with E-state index in [0.29, 0.717) is 0 Å². The smallest absolute Gasteiger partial charge is 0.0725 e. The normalized spacial score (nSPS) is 15.0. The van der Waals surface area contributed by atoms with E-state index in [1.807, 2.05) is 11.3 Å². The highest BCUT2D eigenvalue weighted by Gasteiger charge is 2.59. The van der Waals surface area contributed by atoms with Crippen LogP contribution >= 0.6 is 11.3 Å². The predicted molar refractivity (Wildman–Crippen MR) is 213 cm³/mol. The maximum absolute atomic E-state index is 2.46. The molecule has 3 aliphatic carbocycles. The van der Waals surface area contributed by atoms with Crippen LogP contribution in [0.1, 0.15) is 44.5 Å². The second-order valence-corrected chi connectivity index (χ2v) is 15.3. The first-order valence-electron chi connectivity index (χ1n) is 17.9. The van der Waals surface area contributed by atoms with Gasteiger partial charge < -0.3 is 0 Å². The molecule has 0 saturated heterocycles. The van der Waals surface area contributed by atoms with Crippen molar-refractivity contribution in [2.45, 2.75) is 10.8 Å². The molecule has 12 rings (SSSR count). The van der Waals surface area contributed by atoms with Gasteiger partial charge in [0.1, 0.15) is 0 Å².